The van der Waals surface area contributed by atoms with Gasteiger partial charge in [0.1, 0.15) is 11.6 Å². The third kappa shape index (κ3) is 3.99. The lowest BCUT2D eigenvalue weighted by molar-refractivity contribution is 0.276. The van der Waals surface area contributed by atoms with Crippen LogP contribution in [0, 0.1) is 24.1 Å². The van der Waals surface area contributed by atoms with Crippen LogP contribution in [-0.2, 0) is 10.2 Å². The van der Waals surface area contributed by atoms with Gasteiger partial charge in [-0.15, -0.1) is 0 Å². The number of halogens is 1. The molecule has 0 unspecified atom stereocenters. The van der Waals surface area contributed by atoms with E-state index in [1.807, 2.05) is 19.1 Å². The lowest BCUT2D eigenvalue weighted by Crippen LogP contribution is -2.21. The van der Waals surface area contributed by atoms with Gasteiger partial charge < -0.3 is 4.74 Å². The summed E-state index contributed by atoms with van der Waals surface area (Å²) in [6.07, 6.45) is 0. The monoisotopic (exact) mass is 378 g/mol. The molecule has 0 spiro atoms. The summed E-state index contributed by atoms with van der Waals surface area (Å²) in [4.78, 5) is 0. The fraction of sp³-hybridized carbons (Fsp3) is 0.368. The Balaban J connectivity index is 1.68. The van der Waals surface area contributed by atoms with Crippen molar-refractivity contribution in [2.45, 2.75) is 26.7 Å². The Labute approximate surface area is 153 Å². The van der Waals surface area contributed by atoms with Crippen molar-refractivity contribution in [1.82, 2.24) is 0 Å². The normalized spacial score (nSPS) is 21.3. The van der Waals surface area contributed by atoms with Gasteiger partial charge in [0.15, 0.2) is 0 Å². The molecule has 0 saturated heterocycles. The first kappa shape index (κ1) is 18.7. The highest BCUT2D eigenvalue weighted by Gasteiger charge is 2.58. The molecule has 2 atom stereocenters. The summed E-state index contributed by atoms with van der Waals surface area (Å²) in [6, 6.07) is 11.7. The Hall–Kier alpha value is -2.12. The highest BCUT2D eigenvalue weighted by atomic mass is 32.2. The molecule has 2 aromatic rings. The lowest BCUT2D eigenvalue weighted by atomic mass is 10.0. The third-order valence-electron chi connectivity index (χ3n) is 5.15. The van der Waals surface area contributed by atoms with Gasteiger partial charge in [0.25, 0.3) is 10.2 Å². The van der Waals surface area contributed by atoms with Gasteiger partial charge in [-0.1, -0.05) is 32.0 Å². The minimum absolute atomic E-state index is 0.0517. The average molecular weight is 378 g/mol. The van der Waals surface area contributed by atoms with Crippen molar-refractivity contribution < 1.29 is 17.5 Å². The van der Waals surface area contributed by atoms with Gasteiger partial charge in [-0.05, 0) is 47.6 Å². The number of anilines is 1. The Bertz CT molecular complexity index is 911. The largest absolute Gasteiger partial charge is 0.493 e. The number of ether oxygens (including phenoxy) is 1. The van der Waals surface area contributed by atoms with Crippen molar-refractivity contribution in [2.24, 2.45) is 16.5 Å². The summed E-state index contributed by atoms with van der Waals surface area (Å²) in [7, 11) is -3.78. The maximum Gasteiger partial charge on any atom is 0.296 e. The second kappa shape index (κ2) is 6.55. The zero-order chi connectivity index (χ0) is 19.1. The number of hydrogen-bond acceptors (Lipinski definition) is 3. The van der Waals surface area contributed by atoms with Gasteiger partial charge in [0.05, 0.1) is 6.61 Å². The summed E-state index contributed by atoms with van der Waals surface area (Å²) in [5, 5.41) is 4.98. The molecule has 0 aliphatic heterocycles. The molecule has 3 N–H and O–H groups in total. The predicted molar refractivity (Wildman–Crippen MR) is 99.8 cm³/mol. The van der Waals surface area contributed by atoms with Crippen LogP contribution >= 0.6 is 0 Å². The Morgan fingerprint density at radius 2 is 1.85 bits per heavy atom. The van der Waals surface area contributed by atoms with Gasteiger partial charge in [0.2, 0.25) is 0 Å². The molecular weight excluding hydrogens is 355 g/mol. The van der Waals surface area contributed by atoms with Crippen molar-refractivity contribution >= 4 is 15.9 Å². The first-order valence-electron chi connectivity index (χ1n) is 8.37. The molecule has 2 aromatic carbocycles. The summed E-state index contributed by atoms with van der Waals surface area (Å²) in [5.74, 6) is 0.844. The standard InChI is InChI=1S/C19H23FN2O3S/c1-12-4-7-14(20)10-17(12)25-11-16-18(19(16,2)3)13-5-8-15(9-6-13)22-26(21,23)24/h4-10,16,18,22H,11H2,1-3H3,(H2,21,23,24)/t16-,18-/m0/s1. The maximum atomic E-state index is 13.4. The van der Waals surface area contributed by atoms with Crippen molar-refractivity contribution in [3.8, 4) is 5.75 Å². The van der Waals surface area contributed by atoms with Crippen LogP contribution in [0.1, 0.15) is 30.9 Å². The van der Waals surface area contributed by atoms with Crippen LogP contribution in [0.4, 0.5) is 10.1 Å². The Kier molecular flexibility index (Phi) is 4.71. The predicted octanol–water partition coefficient (Wildman–Crippen LogP) is 3.57. The molecule has 1 aliphatic rings. The van der Waals surface area contributed by atoms with E-state index in [0.717, 1.165) is 11.1 Å². The number of aryl methyl sites for hydroxylation is 1. The summed E-state index contributed by atoms with van der Waals surface area (Å²) < 4.78 is 43.7. The zero-order valence-corrected chi connectivity index (χ0v) is 15.8. The van der Waals surface area contributed by atoms with E-state index >= 15 is 0 Å². The molecule has 26 heavy (non-hydrogen) atoms. The van der Waals surface area contributed by atoms with Crippen molar-refractivity contribution in [2.75, 3.05) is 11.3 Å². The molecule has 0 aromatic heterocycles. The third-order valence-corrected chi connectivity index (χ3v) is 5.67. The van der Waals surface area contributed by atoms with Gasteiger partial charge in [-0.3, -0.25) is 4.72 Å². The summed E-state index contributed by atoms with van der Waals surface area (Å²) in [6.45, 7) is 6.72. The van der Waals surface area contributed by atoms with Gasteiger partial charge in [-0.2, -0.15) is 8.42 Å². The molecule has 3 rings (SSSR count). The molecular formula is C19H23FN2O3S. The van der Waals surface area contributed by atoms with E-state index < -0.39 is 10.2 Å². The highest BCUT2D eigenvalue weighted by Crippen LogP contribution is 2.64. The van der Waals surface area contributed by atoms with Crippen molar-refractivity contribution in [3.05, 3.63) is 59.4 Å². The quantitative estimate of drug-likeness (QED) is 0.806. The van der Waals surface area contributed by atoms with Crippen LogP contribution < -0.4 is 14.6 Å². The topological polar surface area (TPSA) is 81.4 Å². The smallest absolute Gasteiger partial charge is 0.296 e. The van der Waals surface area contributed by atoms with Gasteiger partial charge in [-0.25, -0.2) is 9.53 Å². The number of hydrogen-bond donors (Lipinski definition) is 2. The molecule has 0 heterocycles. The van der Waals surface area contributed by atoms with Crippen LogP contribution in [0.15, 0.2) is 42.5 Å². The fourth-order valence-corrected chi connectivity index (χ4v) is 4.01. The van der Waals surface area contributed by atoms with Gasteiger partial charge >= 0.3 is 0 Å². The molecule has 0 radical (unpaired) electrons. The van der Waals surface area contributed by atoms with Crippen LogP contribution in [-0.4, -0.2) is 15.0 Å². The number of benzene rings is 2. The summed E-state index contributed by atoms with van der Waals surface area (Å²) in [5.41, 5.74) is 2.49. The molecule has 5 nitrogen and oxygen atoms in total. The van der Waals surface area contributed by atoms with E-state index in [2.05, 4.69) is 18.6 Å². The Morgan fingerprint density at radius 3 is 2.46 bits per heavy atom. The first-order valence-corrected chi connectivity index (χ1v) is 9.92. The minimum atomic E-state index is -3.78. The van der Waals surface area contributed by atoms with E-state index in [1.54, 1.807) is 18.2 Å². The molecule has 0 bridgehead atoms. The maximum absolute atomic E-state index is 13.4. The van der Waals surface area contributed by atoms with Crippen molar-refractivity contribution in [3.63, 3.8) is 0 Å². The summed E-state index contributed by atoms with van der Waals surface area (Å²) >= 11 is 0. The van der Waals surface area contributed by atoms with E-state index in [0.29, 0.717) is 29.9 Å². The highest BCUT2D eigenvalue weighted by molar-refractivity contribution is 7.90. The lowest BCUT2D eigenvalue weighted by Gasteiger charge is -2.10. The number of nitrogens with one attached hydrogen (secondary N) is 1. The second-order valence-electron chi connectivity index (χ2n) is 7.40. The molecule has 1 aliphatic carbocycles. The number of nitrogens with two attached hydrogens (primary N) is 1. The molecule has 7 heteroatoms. The Morgan fingerprint density at radius 1 is 1.19 bits per heavy atom. The van der Waals surface area contributed by atoms with E-state index in [9.17, 15) is 12.8 Å². The molecule has 1 fully saturated rings. The van der Waals surface area contributed by atoms with Crippen LogP contribution in [0.3, 0.4) is 0 Å². The minimum Gasteiger partial charge on any atom is -0.493 e. The van der Waals surface area contributed by atoms with E-state index in [4.69, 9.17) is 9.88 Å². The fourth-order valence-electron chi connectivity index (χ4n) is 3.55. The van der Waals surface area contributed by atoms with E-state index in [-0.39, 0.29) is 11.2 Å². The van der Waals surface area contributed by atoms with Crippen molar-refractivity contribution in [1.29, 1.82) is 0 Å². The molecule has 140 valence electrons. The molecule has 0 amide bonds. The van der Waals surface area contributed by atoms with Crippen LogP contribution in [0.2, 0.25) is 0 Å². The van der Waals surface area contributed by atoms with Crippen LogP contribution in [0.25, 0.3) is 0 Å². The first-order chi connectivity index (χ1) is 12.1. The van der Waals surface area contributed by atoms with Crippen LogP contribution in [0.5, 0.6) is 5.75 Å². The van der Waals surface area contributed by atoms with Gasteiger partial charge in [0, 0.05) is 17.7 Å². The van der Waals surface area contributed by atoms with E-state index in [1.165, 1.54) is 12.1 Å². The number of rotatable bonds is 6. The second-order valence-corrected chi connectivity index (χ2v) is 8.69. The average Bonchev–Trinajstić information content (AvgIpc) is 3.08. The zero-order valence-electron chi connectivity index (χ0n) is 15.0. The SMILES string of the molecule is Cc1ccc(F)cc1OC[C@H]1[C@H](c2ccc(NS(N)(=O)=O)cc2)C1(C)C. The molecule has 1 saturated carbocycles.